The van der Waals surface area contributed by atoms with Crippen LogP contribution in [0.15, 0.2) is 0 Å². The minimum absolute atomic E-state index is 0. The molecular formula is C4H13N2NaO3S. The quantitative estimate of drug-likeness (QED) is 0.273. The third kappa shape index (κ3) is 5.13. The van der Waals surface area contributed by atoms with Crippen LogP contribution in [0.1, 0.15) is 13.8 Å². The van der Waals surface area contributed by atoms with Crippen LogP contribution in [-0.4, -0.2) is 53.4 Å². The molecule has 5 N–H and O–H groups in total. The van der Waals surface area contributed by atoms with Crippen molar-refractivity contribution in [3.63, 3.8) is 0 Å². The molecule has 0 aromatic rings. The summed E-state index contributed by atoms with van der Waals surface area (Å²) in [5.41, 5.74) is 9.01. The molecule has 0 rings (SSSR count). The van der Waals surface area contributed by atoms with Gasteiger partial charge in [-0.2, -0.15) is 8.42 Å². The van der Waals surface area contributed by atoms with E-state index in [2.05, 4.69) is 0 Å². The van der Waals surface area contributed by atoms with Gasteiger partial charge >= 0.3 is 29.6 Å². The van der Waals surface area contributed by atoms with Crippen LogP contribution in [0.25, 0.3) is 0 Å². The average molecular weight is 192 g/mol. The van der Waals surface area contributed by atoms with Crippen molar-refractivity contribution in [2.75, 3.05) is 0 Å². The summed E-state index contributed by atoms with van der Waals surface area (Å²) in [7, 11) is -4.11. The Morgan fingerprint density at radius 2 is 1.73 bits per heavy atom. The molecule has 0 aliphatic carbocycles. The molecule has 0 amide bonds. The zero-order chi connectivity index (χ0) is 8.58. The third-order valence-corrected chi connectivity index (χ3v) is 2.72. The van der Waals surface area contributed by atoms with Gasteiger partial charge in [0.1, 0.15) is 5.25 Å². The monoisotopic (exact) mass is 192 g/mol. The second-order valence-electron chi connectivity index (χ2n) is 2.52. The van der Waals surface area contributed by atoms with Gasteiger partial charge in [-0.3, -0.25) is 4.55 Å². The number of nitrogens with two attached hydrogens (primary N) is 2. The Morgan fingerprint density at radius 3 is 1.73 bits per heavy atom. The van der Waals surface area contributed by atoms with Crippen LogP contribution < -0.4 is 11.5 Å². The van der Waals surface area contributed by atoms with Gasteiger partial charge in [0.2, 0.25) is 0 Å². The van der Waals surface area contributed by atoms with Crippen LogP contribution in [0.5, 0.6) is 0 Å². The molecule has 0 saturated carbocycles. The Labute approximate surface area is 88.6 Å². The summed E-state index contributed by atoms with van der Waals surface area (Å²) in [6, 6.07) is 0. The zero-order valence-electron chi connectivity index (χ0n) is 5.90. The Balaban J connectivity index is 0. The van der Waals surface area contributed by atoms with Crippen molar-refractivity contribution in [3.8, 4) is 0 Å². The number of hydrogen-bond donors (Lipinski definition) is 3. The van der Waals surface area contributed by atoms with Crippen molar-refractivity contribution in [1.29, 1.82) is 0 Å². The number of rotatable bonds is 2. The summed E-state index contributed by atoms with van der Waals surface area (Å²) in [4.78, 5) is 0. The molecule has 0 aliphatic heterocycles. The molecule has 1 unspecified atom stereocenters. The van der Waals surface area contributed by atoms with E-state index in [1.54, 1.807) is 0 Å². The van der Waals surface area contributed by atoms with E-state index in [4.69, 9.17) is 16.0 Å². The van der Waals surface area contributed by atoms with Crippen molar-refractivity contribution < 1.29 is 13.0 Å². The van der Waals surface area contributed by atoms with Gasteiger partial charge in [0.05, 0.1) is 5.66 Å². The summed E-state index contributed by atoms with van der Waals surface area (Å²) >= 11 is 0. The normalized spacial score (nSPS) is 15.4. The van der Waals surface area contributed by atoms with E-state index in [9.17, 15) is 8.42 Å². The van der Waals surface area contributed by atoms with E-state index in [-0.39, 0.29) is 29.6 Å². The van der Waals surface area contributed by atoms with Crippen LogP contribution in [0, 0.1) is 0 Å². The Kier molecular flexibility index (Phi) is 5.45. The predicted octanol–water partition coefficient (Wildman–Crippen LogP) is -1.75. The fraction of sp³-hybridized carbons (Fsp3) is 1.00. The molecule has 5 nitrogen and oxygen atoms in total. The second kappa shape index (κ2) is 4.18. The van der Waals surface area contributed by atoms with E-state index in [0.717, 1.165) is 0 Å². The third-order valence-electron chi connectivity index (χ3n) is 1.32. The standard InChI is InChI=1S/C4H12N2O3S.Na.H/c1-3(4(2,5)6)10(7,8)9;;/h3H,5-6H2,1-2H3,(H,7,8,9);;. The van der Waals surface area contributed by atoms with E-state index in [1.165, 1.54) is 13.8 Å². The summed E-state index contributed by atoms with van der Waals surface area (Å²) in [6.45, 7) is 2.57. The van der Waals surface area contributed by atoms with E-state index >= 15 is 0 Å². The number of hydrogen-bond acceptors (Lipinski definition) is 4. The molecular weight excluding hydrogens is 179 g/mol. The molecule has 64 valence electrons. The van der Waals surface area contributed by atoms with Gasteiger partial charge in [-0.15, -0.1) is 0 Å². The van der Waals surface area contributed by atoms with Crippen molar-refractivity contribution in [3.05, 3.63) is 0 Å². The predicted molar refractivity (Wildman–Crippen MR) is 44.9 cm³/mol. The van der Waals surface area contributed by atoms with Gasteiger partial charge in [0, 0.05) is 0 Å². The first kappa shape index (κ1) is 14.4. The average Bonchev–Trinajstić information content (AvgIpc) is 1.59. The van der Waals surface area contributed by atoms with E-state index < -0.39 is 21.0 Å². The van der Waals surface area contributed by atoms with Crippen LogP contribution in [0.2, 0.25) is 0 Å². The van der Waals surface area contributed by atoms with Gasteiger partial charge in [-0.1, -0.05) is 0 Å². The Hall–Kier alpha value is 0.830. The molecule has 0 fully saturated rings. The van der Waals surface area contributed by atoms with Crippen LogP contribution in [0.4, 0.5) is 0 Å². The summed E-state index contributed by atoms with van der Waals surface area (Å²) in [6.07, 6.45) is 0. The van der Waals surface area contributed by atoms with Gasteiger partial charge < -0.3 is 11.5 Å². The maximum absolute atomic E-state index is 10.4. The van der Waals surface area contributed by atoms with Crippen molar-refractivity contribution >= 4 is 39.7 Å². The van der Waals surface area contributed by atoms with Crippen LogP contribution in [-0.2, 0) is 10.1 Å². The summed E-state index contributed by atoms with van der Waals surface area (Å²) in [5, 5.41) is -1.15. The molecule has 0 aromatic carbocycles. The molecule has 0 heterocycles. The second-order valence-corrected chi connectivity index (χ2v) is 4.26. The van der Waals surface area contributed by atoms with Gasteiger partial charge in [-0.05, 0) is 13.8 Å². The molecule has 0 aromatic heterocycles. The zero-order valence-corrected chi connectivity index (χ0v) is 6.72. The molecule has 7 heteroatoms. The summed E-state index contributed by atoms with van der Waals surface area (Å²) in [5.74, 6) is 0. The topological polar surface area (TPSA) is 106 Å². The molecule has 0 radical (unpaired) electrons. The van der Waals surface area contributed by atoms with Crippen LogP contribution in [0.3, 0.4) is 0 Å². The Bertz CT molecular complexity index is 208. The van der Waals surface area contributed by atoms with Gasteiger partial charge in [0.15, 0.2) is 0 Å². The van der Waals surface area contributed by atoms with E-state index in [1.807, 2.05) is 0 Å². The molecule has 0 aliphatic rings. The van der Waals surface area contributed by atoms with E-state index in [0.29, 0.717) is 0 Å². The molecule has 0 bridgehead atoms. The minimum atomic E-state index is -4.11. The van der Waals surface area contributed by atoms with Crippen molar-refractivity contribution in [2.45, 2.75) is 24.8 Å². The molecule has 0 saturated heterocycles. The first-order valence-electron chi connectivity index (χ1n) is 2.69. The first-order valence-corrected chi connectivity index (χ1v) is 4.20. The first-order chi connectivity index (χ1) is 4.15. The molecule has 0 spiro atoms. The van der Waals surface area contributed by atoms with Crippen LogP contribution >= 0.6 is 0 Å². The summed E-state index contributed by atoms with van der Waals surface area (Å²) < 4.78 is 29.2. The van der Waals surface area contributed by atoms with Gasteiger partial charge in [-0.25, -0.2) is 0 Å². The van der Waals surface area contributed by atoms with Crippen molar-refractivity contribution in [1.82, 2.24) is 0 Å². The van der Waals surface area contributed by atoms with Crippen molar-refractivity contribution in [2.24, 2.45) is 11.5 Å². The SMILES string of the molecule is CC(C(C)(N)N)S(=O)(=O)O.[NaH]. The maximum atomic E-state index is 10.4. The Morgan fingerprint density at radius 1 is 1.45 bits per heavy atom. The fourth-order valence-corrected chi connectivity index (χ4v) is 0.963. The molecule has 1 atom stereocenters. The van der Waals surface area contributed by atoms with Gasteiger partial charge in [0.25, 0.3) is 10.1 Å². The fourth-order valence-electron chi connectivity index (χ4n) is 0.321. The molecule has 11 heavy (non-hydrogen) atoms.